The van der Waals surface area contributed by atoms with E-state index in [1.165, 1.54) is 22.7 Å². The summed E-state index contributed by atoms with van der Waals surface area (Å²) in [5.41, 5.74) is 2.14. The van der Waals surface area contributed by atoms with Gasteiger partial charge in [0.2, 0.25) is 5.91 Å². The number of aryl methyl sites for hydroxylation is 1. The van der Waals surface area contributed by atoms with Crippen LogP contribution in [-0.2, 0) is 11.2 Å². The van der Waals surface area contributed by atoms with Crippen molar-refractivity contribution in [1.29, 1.82) is 0 Å². The number of nitrogens with one attached hydrogen (secondary N) is 2. The average molecular weight is 465 g/mol. The Morgan fingerprint density at radius 2 is 1.78 bits per heavy atom. The van der Waals surface area contributed by atoms with Crippen LogP contribution >= 0.6 is 22.7 Å². The molecule has 1 unspecified atom stereocenters. The molecule has 0 radical (unpaired) electrons. The van der Waals surface area contributed by atoms with Crippen LogP contribution < -0.4 is 15.4 Å². The fourth-order valence-electron chi connectivity index (χ4n) is 3.76. The van der Waals surface area contributed by atoms with Crippen molar-refractivity contribution in [3.8, 4) is 5.75 Å². The number of thiazole rings is 2. The number of ether oxygens (including phenoxy) is 1. The van der Waals surface area contributed by atoms with Crippen molar-refractivity contribution in [2.75, 3.05) is 17.7 Å². The van der Waals surface area contributed by atoms with E-state index < -0.39 is 0 Å². The number of carbonyl (C=O) groups excluding carboxylic acids is 2. The quantitative estimate of drug-likeness (QED) is 0.430. The summed E-state index contributed by atoms with van der Waals surface area (Å²) in [4.78, 5) is 35.8. The second-order valence-corrected chi connectivity index (χ2v) is 9.55. The van der Waals surface area contributed by atoms with Crippen molar-refractivity contribution >= 4 is 55.0 Å². The minimum Gasteiger partial charge on any atom is -0.497 e. The molecule has 5 rings (SSSR count). The van der Waals surface area contributed by atoms with Crippen LogP contribution in [0, 0.1) is 0 Å². The molecule has 2 N–H and O–H groups in total. The number of para-hydroxylation sites is 1. The highest BCUT2D eigenvalue weighted by molar-refractivity contribution is 7.22. The zero-order valence-electron chi connectivity index (χ0n) is 17.3. The summed E-state index contributed by atoms with van der Waals surface area (Å²) in [5.74, 6) is -0.0144. The number of amides is 2. The summed E-state index contributed by atoms with van der Waals surface area (Å²) >= 11 is 2.89. The smallest absolute Gasteiger partial charge is 0.257 e. The molecule has 2 heterocycles. The SMILES string of the molecule is COc1ccc(C(=O)Nc2nc3c(s2)CCCC3C(=O)Nc2nc3ccccc3s2)cc1. The molecule has 2 amide bonds. The predicted octanol–water partition coefficient (Wildman–Crippen LogP) is 5.07. The maximum Gasteiger partial charge on any atom is 0.257 e. The van der Waals surface area contributed by atoms with Gasteiger partial charge in [-0.05, 0) is 55.7 Å². The molecular formula is C23H20N4O3S2. The summed E-state index contributed by atoms with van der Waals surface area (Å²) in [7, 11) is 1.58. The Morgan fingerprint density at radius 3 is 2.56 bits per heavy atom. The van der Waals surface area contributed by atoms with Gasteiger partial charge in [-0.3, -0.25) is 14.9 Å². The minimum absolute atomic E-state index is 0.108. The zero-order chi connectivity index (χ0) is 22.1. The number of benzene rings is 2. The molecule has 9 heteroatoms. The van der Waals surface area contributed by atoms with Crippen LogP contribution in [0.2, 0.25) is 0 Å². The van der Waals surface area contributed by atoms with E-state index in [2.05, 4.69) is 20.6 Å². The Hall–Kier alpha value is -3.30. The van der Waals surface area contributed by atoms with Crippen LogP contribution in [0.25, 0.3) is 10.2 Å². The molecule has 7 nitrogen and oxygen atoms in total. The zero-order valence-corrected chi connectivity index (χ0v) is 18.9. The van der Waals surface area contributed by atoms with Crippen LogP contribution in [0.5, 0.6) is 5.75 Å². The highest BCUT2D eigenvalue weighted by Gasteiger charge is 2.31. The maximum absolute atomic E-state index is 13.0. The number of nitrogens with zero attached hydrogens (tertiary/aromatic N) is 2. The van der Waals surface area contributed by atoms with Gasteiger partial charge in [0.1, 0.15) is 5.75 Å². The van der Waals surface area contributed by atoms with E-state index in [1.54, 1.807) is 31.4 Å². The van der Waals surface area contributed by atoms with E-state index in [0.29, 0.717) is 21.6 Å². The highest BCUT2D eigenvalue weighted by Crippen LogP contribution is 2.38. The van der Waals surface area contributed by atoms with Gasteiger partial charge in [-0.1, -0.05) is 23.5 Å². The van der Waals surface area contributed by atoms with E-state index in [0.717, 1.165) is 40.1 Å². The third kappa shape index (κ3) is 4.09. The molecule has 1 aliphatic carbocycles. The molecule has 0 bridgehead atoms. The fraction of sp³-hybridized carbons (Fsp3) is 0.217. The number of hydrogen-bond acceptors (Lipinski definition) is 7. The maximum atomic E-state index is 13.0. The van der Waals surface area contributed by atoms with Crippen LogP contribution in [0.1, 0.15) is 39.7 Å². The van der Waals surface area contributed by atoms with E-state index in [-0.39, 0.29) is 17.7 Å². The summed E-state index contributed by atoms with van der Waals surface area (Å²) in [6.07, 6.45) is 2.48. The third-order valence-electron chi connectivity index (χ3n) is 5.37. The normalized spacial score (nSPS) is 15.2. The summed E-state index contributed by atoms with van der Waals surface area (Å²) < 4.78 is 6.16. The molecule has 0 aliphatic heterocycles. The molecule has 4 aromatic rings. The van der Waals surface area contributed by atoms with Gasteiger partial charge >= 0.3 is 0 Å². The molecule has 0 saturated heterocycles. The molecule has 0 fully saturated rings. The Labute approximate surface area is 192 Å². The molecule has 32 heavy (non-hydrogen) atoms. The molecule has 1 aliphatic rings. The lowest BCUT2D eigenvalue weighted by Crippen LogP contribution is -2.24. The first-order valence-electron chi connectivity index (χ1n) is 10.2. The lowest BCUT2D eigenvalue weighted by Gasteiger charge is -2.19. The van der Waals surface area contributed by atoms with Gasteiger partial charge < -0.3 is 10.1 Å². The molecule has 1 atom stereocenters. The van der Waals surface area contributed by atoms with Gasteiger partial charge in [0.05, 0.1) is 28.9 Å². The molecule has 2 aromatic carbocycles. The van der Waals surface area contributed by atoms with E-state index in [9.17, 15) is 9.59 Å². The lowest BCUT2D eigenvalue weighted by atomic mass is 9.90. The minimum atomic E-state index is -0.353. The second-order valence-electron chi connectivity index (χ2n) is 7.43. The van der Waals surface area contributed by atoms with Gasteiger partial charge in [0, 0.05) is 10.4 Å². The first-order chi connectivity index (χ1) is 15.6. The summed E-state index contributed by atoms with van der Waals surface area (Å²) in [5, 5.41) is 6.93. The monoisotopic (exact) mass is 464 g/mol. The number of methoxy groups -OCH3 is 1. The van der Waals surface area contributed by atoms with Crippen molar-refractivity contribution in [2.45, 2.75) is 25.2 Å². The van der Waals surface area contributed by atoms with Gasteiger partial charge in [-0.15, -0.1) is 11.3 Å². The molecule has 0 saturated carbocycles. The van der Waals surface area contributed by atoms with Crippen LogP contribution in [-0.4, -0.2) is 28.9 Å². The second kappa shape index (κ2) is 8.68. The first kappa shape index (κ1) is 20.6. The van der Waals surface area contributed by atoms with Gasteiger partial charge in [-0.2, -0.15) is 0 Å². The summed E-state index contributed by atoms with van der Waals surface area (Å²) in [6.45, 7) is 0. The van der Waals surface area contributed by atoms with E-state index in [4.69, 9.17) is 4.74 Å². The van der Waals surface area contributed by atoms with E-state index in [1.807, 2.05) is 24.3 Å². The fourth-order valence-corrected chi connectivity index (χ4v) is 5.69. The van der Waals surface area contributed by atoms with Crippen molar-refractivity contribution < 1.29 is 14.3 Å². The highest BCUT2D eigenvalue weighted by atomic mass is 32.1. The lowest BCUT2D eigenvalue weighted by molar-refractivity contribution is -0.117. The predicted molar refractivity (Wildman–Crippen MR) is 127 cm³/mol. The van der Waals surface area contributed by atoms with Crippen molar-refractivity contribution in [2.24, 2.45) is 0 Å². The van der Waals surface area contributed by atoms with Crippen LogP contribution in [0.15, 0.2) is 48.5 Å². The van der Waals surface area contributed by atoms with Crippen LogP contribution in [0.3, 0.4) is 0 Å². The Balaban J connectivity index is 1.32. The Morgan fingerprint density at radius 1 is 1.00 bits per heavy atom. The Kier molecular flexibility index (Phi) is 5.59. The number of hydrogen-bond donors (Lipinski definition) is 2. The third-order valence-corrected chi connectivity index (χ3v) is 7.37. The van der Waals surface area contributed by atoms with E-state index >= 15 is 0 Å². The van der Waals surface area contributed by atoms with Crippen LogP contribution in [0.4, 0.5) is 10.3 Å². The molecule has 162 valence electrons. The summed E-state index contributed by atoms with van der Waals surface area (Å²) in [6, 6.07) is 14.7. The van der Waals surface area contributed by atoms with Gasteiger partial charge in [-0.25, -0.2) is 9.97 Å². The number of anilines is 2. The topological polar surface area (TPSA) is 93.2 Å². The Bertz CT molecular complexity index is 1260. The number of carbonyl (C=O) groups is 2. The molecule has 2 aromatic heterocycles. The first-order valence-corrected chi connectivity index (χ1v) is 11.9. The van der Waals surface area contributed by atoms with Gasteiger partial charge in [0.25, 0.3) is 5.91 Å². The molecular weight excluding hydrogens is 444 g/mol. The number of fused-ring (bicyclic) bond motifs is 2. The van der Waals surface area contributed by atoms with Gasteiger partial charge in [0.15, 0.2) is 10.3 Å². The standard InChI is InChI=1S/C23H20N4O3S2/c1-30-14-11-9-13(10-12-14)20(28)26-23-25-19-15(5-4-8-18(19)32-23)21(29)27-22-24-16-6-2-3-7-17(16)31-22/h2-3,6-7,9-12,15H,4-5,8H2,1H3,(H,24,27,29)(H,25,26,28). The molecule has 0 spiro atoms. The van der Waals surface area contributed by atoms with Crippen molar-refractivity contribution in [3.05, 3.63) is 64.7 Å². The number of rotatable bonds is 5. The average Bonchev–Trinajstić information content (AvgIpc) is 3.41. The number of aromatic nitrogens is 2. The largest absolute Gasteiger partial charge is 0.497 e. The van der Waals surface area contributed by atoms with Crippen molar-refractivity contribution in [1.82, 2.24) is 9.97 Å². The van der Waals surface area contributed by atoms with Crippen molar-refractivity contribution in [3.63, 3.8) is 0 Å².